The molecule has 24 heavy (non-hydrogen) atoms. The molecule has 1 rings (SSSR count). The van der Waals surface area contributed by atoms with Crippen LogP contribution in [-0.2, 0) is 9.84 Å². The summed E-state index contributed by atoms with van der Waals surface area (Å²) in [6.45, 7) is 9.73. The molecule has 1 fully saturated rings. The summed E-state index contributed by atoms with van der Waals surface area (Å²) < 4.78 is 22.5. The van der Waals surface area contributed by atoms with Crippen molar-refractivity contribution in [3.63, 3.8) is 0 Å². The van der Waals surface area contributed by atoms with Gasteiger partial charge < -0.3 is 10.6 Å². The lowest BCUT2D eigenvalue weighted by molar-refractivity contribution is 0.133. The molecular weight excluding hydrogens is 324 g/mol. The van der Waals surface area contributed by atoms with Crippen molar-refractivity contribution in [1.29, 1.82) is 0 Å². The van der Waals surface area contributed by atoms with Gasteiger partial charge in [0.15, 0.2) is 5.96 Å². The summed E-state index contributed by atoms with van der Waals surface area (Å²) in [6.07, 6.45) is 5.67. The van der Waals surface area contributed by atoms with Crippen LogP contribution >= 0.6 is 0 Å². The van der Waals surface area contributed by atoms with E-state index < -0.39 is 9.84 Å². The second kappa shape index (κ2) is 10.2. The molecule has 1 heterocycles. The first kappa shape index (κ1) is 21.2. The van der Waals surface area contributed by atoms with E-state index >= 15 is 0 Å². The number of aliphatic imine (C=N–C) groups is 1. The van der Waals surface area contributed by atoms with Crippen LogP contribution < -0.4 is 10.6 Å². The van der Waals surface area contributed by atoms with Crippen molar-refractivity contribution in [3.05, 3.63) is 0 Å². The van der Waals surface area contributed by atoms with Crippen LogP contribution in [0.5, 0.6) is 0 Å². The molecule has 0 radical (unpaired) electrons. The van der Waals surface area contributed by atoms with E-state index in [2.05, 4.69) is 34.4 Å². The number of guanidine groups is 1. The fourth-order valence-electron chi connectivity index (χ4n) is 3.11. The van der Waals surface area contributed by atoms with Gasteiger partial charge in [0, 0.05) is 38.5 Å². The normalized spacial score (nSPS) is 21.8. The third-order valence-corrected chi connectivity index (χ3v) is 5.36. The number of likely N-dealkylation sites (tertiary alicyclic amines) is 1. The Morgan fingerprint density at radius 1 is 1.29 bits per heavy atom. The van der Waals surface area contributed by atoms with E-state index in [9.17, 15) is 8.42 Å². The van der Waals surface area contributed by atoms with Crippen LogP contribution in [0.4, 0.5) is 0 Å². The van der Waals surface area contributed by atoms with Crippen LogP contribution in [0.25, 0.3) is 0 Å². The van der Waals surface area contributed by atoms with Gasteiger partial charge in [-0.3, -0.25) is 9.89 Å². The molecule has 0 aliphatic carbocycles. The second-order valence-electron chi connectivity index (χ2n) is 7.46. The molecule has 142 valence electrons. The van der Waals surface area contributed by atoms with Crippen molar-refractivity contribution in [1.82, 2.24) is 15.5 Å². The van der Waals surface area contributed by atoms with Crippen LogP contribution in [0, 0.1) is 5.92 Å². The Morgan fingerprint density at radius 2 is 2.00 bits per heavy atom. The predicted octanol–water partition coefficient (Wildman–Crippen LogP) is 1.49. The molecule has 1 aliphatic rings. The first-order chi connectivity index (χ1) is 11.2. The summed E-state index contributed by atoms with van der Waals surface area (Å²) in [5.74, 6) is 1.63. The molecule has 7 heteroatoms. The third-order valence-electron chi connectivity index (χ3n) is 4.38. The molecule has 1 saturated heterocycles. The van der Waals surface area contributed by atoms with Gasteiger partial charge in [0.2, 0.25) is 0 Å². The Balaban J connectivity index is 2.44. The van der Waals surface area contributed by atoms with E-state index in [0.717, 1.165) is 19.0 Å². The molecule has 0 amide bonds. The second-order valence-corrected chi connectivity index (χ2v) is 9.72. The van der Waals surface area contributed by atoms with E-state index in [1.54, 1.807) is 7.05 Å². The lowest BCUT2D eigenvalue weighted by atomic mass is 10.0. The molecule has 0 aromatic carbocycles. The van der Waals surface area contributed by atoms with Crippen molar-refractivity contribution in [2.24, 2.45) is 10.9 Å². The molecule has 0 saturated carbocycles. The Kier molecular flexibility index (Phi) is 9.05. The van der Waals surface area contributed by atoms with Gasteiger partial charge in [0.1, 0.15) is 9.84 Å². The standard InChI is InChI=1S/C17H36N4O2S/c1-14(2)13-21-10-7-6-8-16(21)12-19-17(18-4)20-15(3)9-11-24(5,22)23/h14-16H,6-13H2,1-5H3,(H2,18,19,20). The number of hydrogen-bond donors (Lipinski definition) is 2. The average Bonchev–Trinajstić information content (AvgIpc) is 2.49. The van der Waals surface area contributed by atoms with Crippen LogP contribution in [0.3, 0.4) is 0 Å². The smallest absolute Gasteiger partial charge is 0.191 e. The Labute approximate surface area is 148 Å². The minimum atomic E-state index is -2.92. The highest BCUT2D eigenvalue weighted by atomic mass is 32.2. The topological polar surface area (TPSA) is 73.8 Å². The maximum absolute atomic E-state index is 11.3. The van der Waals surface area contributed by atoms with Gasteiger partial charge in [0.25, 0.3) is 0 Å². The Bertz CT molecular complexity index is 491. The zero-order chi connectivity index (χ0) is 18.2. The van der Waals surface area contributed by atoms with E-state index in [1.165, 1.54) is 32.1 Å². The van der Waals surface area contributed by atoms with Gasteiger partial charge in [0.05, 0.1) is 5.75 Å². The van der Waals surface area contributed by atoms with Crippen molar-refractivity contribution >= 4 is 15.8 Å². The van der Waals surface area contributed by atoms with Gasteiger partial charge in [-0.2, -0.15) is 0 Å². The van der Waals surface area contributed by atoms with Crippen molar-refractivity contribution in [2.75, 3.05) is 38.7 Å². The van der Waals surface area contributed by atoms with E-state index in [4.69, 9.17) is 0 Å². The first-order valence-corrected chi connectivity index (χ1v) is 11.2. The zero-order valence-corrected chi connectivity index (χ0v) is 16.8. The Morgan fingerprint density at radius 3 is 2.58 bits per heavy atom. The highest BCUT2D eigenvalue weighted by Gasteiger charge is 2.23. The fraction of sp³-hybridized carbons (Fsp3) is 0.941. The molecule has 1 aliphatic heterocycles. The first-order valence-electron chi connectivity index (χ1n) is 9.10. The van der Waals surface area contributed by atoms with Crippen LogP contribution in [0.1, 0.15) is 46.5 Å². The largest absolute Gasteiger partial charge is 0.355 e. The average molecular weight is 361 g/mol. The molecule has 2 unspecified atom stereocenters. The summed E-state index contributed by atoms with van der Waals surface area (Å²) in [5, 5.41) is 6.71. The number of nitrogens with zero attached hydrogens (tertiary/aromatic N) is 2. The quantitative estimate of drug-likeness (QED) is 0.507. The maximum Gasteiger partial charge on any atom is 0.191 e. The van der Waals surface area contributed by atoms with Crippen molar-refractivity contribution < 1.29 is 8.42 Å². The third kappa shape index (κ3) is 8.87. The molecule has 0 spiro atoms. The SMILES string of the molecule is CN=C(NCC1CCCCN1CC(C)C)NC(C)CCS(C)(=O)=O. The van der Waals surface area contributed by atoms with E-state index in [1.807, 2.05) is 6.92 Å². The highest BCUT2D eigenvalue weighted by Crippen LogP contribution is 2.17. The molecule has 0 bridgehead atoms. The number of hydrogen-bond acceptors (Lipinski definition) is 4. The summed E-state index contributed by atoms with van der Waals surface area (Å²) >= 11 is 0. The summed E-state index contributed by atoms with van der Waals surface area (Å²) in [5.41, 5.74) is 0. The highest BCUT2D eigenvalue weighted by molar-refractivity contribution is 7.90. The van der Waals surface area contributed by atoms with Gasteiger partial charge >= 0.3 is 0 Å². The molecular formula is C17H36N4O2S. The summed E-state index contributed by atoms with van der Waals surface area (Å²) in [7, 11) is -1.16. The molecule has 2 N–H and O–H groups in total. The predicted molar refractivity (Wildman–Crippen MR) is 102 cm³/mol. The Hall–Kier alpha value is -0.820. The number of rotatable bonds is 8. The van der Waals surface area contributed by atoms with Crippen molar-refractivity contribution in [2.45, 2.75) is 58.5 Å². The van der Waals surface area contributed by atoms with Gasteiger partial charge in [-0.25, -0.2) is 8.42 Å². The molecule has 0 aromatic heterocycles. The monoisotopic (exact) mass is 360 g/mol. The van der Waals surface area contributed by atoms with Crippen LogP contribution in [0.2, 0.25) is 0 Å². The zero-order valence-electron chi connectivity index (χ0n) is 16.0. The van der Waals surface area contributed by atoms with E-state index in [0.29, 0.717) is 18.4 Å². The van der Waals surface area contributed by atoms with Gasteiger partial charge in [-0.15, -0.1) is 0 Å². The van der Waals surface area contributed by atoms with Gasteiger partial charge in [-0.05, 0) is 38.6 Å². The van der Waals surface area contributed by atoms with E-state index in [-0.39, 0.29) is 11.8 Å². The minimum Gasteiger partial charge on any atom is -0.355 e. The number of sulfone groups is 1. The molecule has 2 atom stereocenters. The maximum atomic E-state index is 11.3. The lowest BCUT2D eigenvalue weighted by Gasteiger charge is -2.37. The van der Waals surface area contributed by atoms with Crippen LogP contribution in [0.15, 0.2) is 4.99 Å². The lowest BCUT2D eigenvalue weighted by Crippen LogP contribution is -2.51. The number of piperidine rings is 1. The van der Waals surface area contributed by atoms with Crippen LogP contribution in [-0.4, -0.2) is 70.1 Å². The molecule has 6 nitrogen and oxygen atoms in total. The summed E-state index contributed by atoms with van der Waals surface area (Å²) in [6, 6.07) is 0.620. The fourth-order valence-corrected chi connectivity index (χ4v) is 3.89. The van der Waals surface area contributed by atoms with Crippen molar-refractivity contribution in [3.8, 4) is 0 Å². The van der Waals surface area contributed by atoms with Gasteiger partial charge in [-0.1, -0.05) is 20.3 Å². The molecule has 0 aromatic rings. The minimum absolute atomic E-state index is 0.0732. The summed E-state index contributed by atoms with van der Waals surface area (Å²) in [4.78, 5) is 6.85. The number of nitrogens with one attached hydrogen (secondary N) is 2.